The van der Waals surface area contributed by atoms with Crippen LogP contribution in [0.4, 0.5) is 4.39 Å². The third kappa shape index (κ3) is 4.01. The number of aromatic nitrogens is 3. The Hall–Kier alpha value is -1.95. The number of hydrogen-bond acceptors (Lipinski definition) is 4. The summed E-state index contributed by atoms with van der Waals surface area (Å²) in [6.07, 6.45) is 1.55. The van der Waals surface area contributed by atoms with Crippen molar-refractivity contribution >= 4 is 0 Å². The van der Waals surface area contributed by atoms with Gasteiger partial charge in [-0.15, -0.1) is 0 Å². The average molecular weight is 292 g/mol. The van der Waals surface area contributed by atoms with Gasteiger partial charge in [0, 0.05) is 31.4 Å². The largest absolute Gasteiger partial charge is 0.418 e. The molecule has 0 aliphatic rings. The van der Waals surface area contributed by atoms with Crippen LogP contribution in [0.1, 0.15) is 25.1 Å². The molecule has 0 unspecified atom stereocenters. The Balaban J connectivity index is 2.12. The van der Waals surface area contributed by atoms with Crippen molar-refractivity contribution in [3.05, 3.63) is 35.4 Å². The fraction of sp³-hybridized carbons (Fsp3) is 0.467. The van der Waals surface area contributed by atoms with Gasteiger partial charge >= 0.3 is 0 Å². The van der Waals surface area contributed by atoms with Crippen LogP contribution in [0.3, 0.4) is 0 Å². The average Bonchev–Trinajstić information content (AvgIpc) is 2.72. The van der Waals surface area contributed by atoms with Crippen LogP contribution in [0.25, 0.3) is 0 Å². The van der Waals surface area contributed by atoms with Crippen molar-refractivity contribution in [2.75, 3.05) is 6.54 Å². The molecule has 0 aliphatic carbocycles. The molecule has 0 bridgehead atoms. The number of aryl methyl sites for hydroxylation is 2. The lowest BCUT2D eigenvalue weighted by atomic mass is 10.2. The van der Waals surface area contributed by atoms with Crippen molar-refractivity contribution in [1.29, 1.82) is 0 Å². The molecule has 0 aromatic carbocycles. The standard InChI is InChI=1S/C15H21FN4O/c1-10(2)8-17-9-12-5-6-18-15(14(12)16)21-13-7-11(3)19-20(13)4/h5-7,10,17H,8-9H2,1-4H3. The number of hydrogen-bond donors (Lipinski definition) is 1. The number of pyridine rings is 1. The lowest BCUT2D eigenvalue weighted by Crippen LogP contribution is -2.19. The summed E-state index contributed by atoms with van der Waals surface area (Å²) in [6.45, 7) is 7.35. The highest BCUT2D eigenvalue weighted by Crippen LogP contribution is 2.24. The second kappa shape index (κ2) is 6.67. The van der Waals surface area contributed by atoms with Crippen LogP contribution < -0.4 is 10.1 Å². The van der Waals surface area contributed by atoms with E-state index in [0.717, 1.165) is 12.2 Å². The Morgan fingerprint density at radius 1 is 1.43 bits per heavy atom. The highest BCUT2D eigenvalue weighted by molar-refractivity contribution is 5.27. The Labute approximate surface area is 124 Å². The van der Waals surface area contributed by atoms with Crippen molar-refractivity contribution in [3.63, 3.8) is 0 Å². The second-order valence-electron chi connectivity index (χ2n) is 5.46. The van der Waals surface area contributed by atoms with Gasteiger partial charge in [0.15, 0.2) is 5.82 Å². The maximum Gasteiger partial charge on any atom is 0.257 e. The van der Waals surface area contributed by atoms with Crippen LogP contribution in [0.15, 0.2) is 18.3 Å². The molecule has 114 valence electrons. The molecule has 0 radical (unpaired) electrons. The van der Waals surface area contributed by atoms with E-state index in [1.165, 1.54) is 0 Å². The molecule has 0 amide bonds. The first kappa shape index (κ1) is 15.4. The summed E-state index contributed by atoms with van der Waals surface area (Å²) in [7, 11) is 1.74. The van der Waals surface area contributed by atoms with E-state index in [9.17, 15) is 4.39 Å². The van der Waals surface area contributed by atoms with Gasteiger partial charge in [-0.1, -0.05) is 13.8 Å². The van der Waals surface area contributed by atoms with Crippen molar-refractivity contribution in [1.82, 2.24) is 20.1 Å². The molecule has 21 heavy (non-hydrogen) atoms. The normalized spacial score (nSPS) is 11.1. The molecule has 5 nitrogen and oxygen atoms in total. The maximum atomic E-state index is 14.4. The molecule has 2 rings (SSSR count). The highest BCUT2D eigenvalue weighted by Gasteiger charge is 2.13. The summed E-state index contributed by atoms with van der Waals surface area (Å²) >= 11 is 0. The van der Waals surface area contributed by atoms with Crippen LogP contribution in [0.5, 0.6) is 11.8 Å². The molecule has 0 spiro atoms. The molecule has 0 fully saturated rings. The molecular weight excluding hydrogens is 271 g/mol. The topological polar surface area (TPSA) is 52.0 Å². The SMILES string of the molecule is Cc1cc(Oc2nccc(CNCC(C)C)c2F)n(C)n1. The van der Waals surface area contributed by atoms with E-state index in [2.05, 4.69) is 29.2 Å². The van der Waals surface area contributed by atoms with E-state index in [1.807, 2.05) is 6.92 Å². The summed E-state index contributed by atoms with van der Waals surface area (Å²) in [5.41, 5.74) is 1.35. The van der Waals surface area contributed by atoms with Crippen molar-refractivity contribution in [2.24, 2.45) is 13.0 Å². The molecule has 1 N–H and O–H groups in total. The minimum absolute atomic E-state index is 0.0261. The van der Waals surface area contributed by atoms with Crippen molar-refractivity contribution in [3.8, 4) is 11.8 Å². The van der Waals surface area contributed by atoms with Crippen molar-refractivity contribution in [2.45, 2.75) is 27.3 Å². The Kier molecular flexibility index (Phi) is 4.90. The number of ether oxygens (including phenoxy) is 1. The van der Waals surface area contributed by atoms with E-state index < -0.39 is 5.82 Å². The zero-order valence-corrected chi connectivity index (χ0v) is 12.9. The summed E-state index contributed by atoms with van der Waals surface area (Å²) in [5, 5.41) is 7.37. The number of rotatable bonds is 6. The molecule has 2 aromatic heterocycles. The minimum Gasteiger partial charge on any atom is -0.418 e. The Morgan fingerprint density at radius 3 is 2.81 bits per heavy atom. The zero-order valence-electron chi connectivity index (χ0n) is 12.9. The van der Waals surface area contributed by atoms with E-state index in [0.29, 0.717) is 23.9 Å². The van der Waals surface area contributed by atoms with Crippen LogP contribution >= 0.6 is 0 Å². The first-order chi connectivity index (χ1) is 9.97. The molecule has 6 heteroatoms. The van der Waals surface area contributed by atoms with Gasteiger partial charge in [0.1, 0.15) is 0 Å². The number of nitrogens with one attached hydrogen (secondary N) is 1. The van der Waals surface area contributed by atoms with E-state index >= 15 is 0 Å². The minimum atomic E-state index is -0.437. The quantitative estimate of drug-likeness (QED) is 0.889. The maximum absolute atomic E-state index is 14.4. The molecule has 0 saturated heterocycles. The molecule has 2 aromatic rings. The van der Waals surface area contributed by atoms with Gasteiger partial charge in [0.05, 0.1) is 5.69 Å². The molecule has 0 aliphatic heterocycles. The van der Waals surface area contributed by atoms with Gasteiger partial charge in [-0.2, -0.15) is 5.10 Å². The van der Waals surface area contributed by atoms with Gasteiger partial charge in [0.25, 0.3) is 5.88 Å². The monoisotopic (exact) mass is 292 g/mol. The summed E-state index contributed by atoms with van der Waals surface area (Å²) in [5.74, 6) is 0.517. The zero-order chi connectivity index (χ0) is 15.4. The first-order valence-corrected chi connectivity index (χ1v) is 7.00. The molecule has 2 heterocycles. The lowest BCUT2D eigenvalue weighted by molar-refractivity contribution is 0.383. The van der Waals surface area contributed by atoms with Crippen LogP contribution in [0.2, 0.25) is 0 Å². The molecule has 0 saturated carbocycles. The Morgan fingerprint density at radius 2 is 2.19 bits per heavy atom. The summed E-state index contributed by atoms with van der Waals surface area (Å²) in [4.78, 5) is 3.96. The van der Waals surface area contributed by atoms with Crippen LogP contribution in [-0.4, -0.2) is 21.3 Å². The fourth-order valence-electron chi connectivity index (χ4n) is 1.95. The van der Waals surface area contributed by atoms with Crippen molar-refractivity contribution < 1.29 is 9.13 Å². The van der Waals surface area contributed by atoms with Crippen LogP contribution in [0, 0.1) is 18.7 Å². The van der Waals surface area contributed by atoms with Gasteiger partial charge in [-0.3, -0.25) is 0 Å². The molecular formula is C15H21FN4O. The predicted molar refractivity (Wildman–Crippen MR) is 78.8 cm³/mol. The summed E-state index contributed by atoms with van der Waals surface area (Å²) < 4.78 is 21.4. The van der Waals surface area contributed by atoms with Gasteiger partial charge in [-0.05, 0) is 25.5 Å². The summed E-state index contributed by atoms with van der Waals surface area (Å²) in [6, 6.07) is 3.40. The van der Waals surface area contributed by atoms with E-state index in [1.54, 1.807) is 30.1 Å². The third-order valence-electron chi connectivity index (χ3n) is 2.97. The number of nitrogens with zero attached hydrogens (tertiary/aromatic N) is 3. The first-order valence-electron chi connectivity index (χ1n) is 7.00. The molecule has 0 atom stereocenters. The number of halogens is 1. The Bertz CT molecular complexity index is 610. The van der Waals surface area contributed by atoms with E-state index in [-0.39, 0.29) is 5.88 Å². The predicted octanol–water partition coefficient (Wildman–Crippen LogP) is 2.80. The van der Waals surface area contributed by atoms with Gasteiger partial charge in [0.2, 0.25) is 5.88 Å². The lowest BCUT2D eigenvalue weighted by Gasteiger charge is -2.10. The fourth-order valence-corrected chi connectivity index (χ4v) is 1.95. The smallest absolute Gasteiger partial charge is 0.257 e. The van der Waals surface area contributed by atoms with Crippen LogP contribution in [-0.2, 0) is 13.6 Å². The van der Waals surface area contributed by atoms with Gasteiger partial charge in [-0.25, -0.2) is 14.1 Å². The highest BCUT2D eigenvalue weighted by atomic mass is 19.1. The second-order valence-corrected chi connectivity index (χ2v) is 5.46. The van der Waals surface area contributed by atoms with E-state index in [4.69, 9.17) is 4.74 Å². The van der Waals surface area contributed by atoms with Gasteiger partial charge < -0.3 is 10.1 Å². The third-order valence-corrected chi connectivity index (χ3v) is 2.97.